The van der Waals surface area contributed by atoms with Crippen LogP contribution >= 0.6 is 83.7 Å². The fourth-order valence-corrected chi connectivity index (χ4v) is 31.2. The second-order valence-corrected chi connectivity index (χ2v) is 41.9. The molecule has 16 aliphatic carbocycles. The van der Waals surface area contributed by atoms with Crippen molar-refractivity contribution in [1.29, 1.82) is 0 Å². The molecule has 33 atom stereocenters. The van der Waals surface area contributed by atoms with E-state index in [9.17, 15) is 35.1 Å². The number of carbonyl (C=O) groups excluding carboxylic acids is 2. The molecular formula is C88H154B3BrIO7PS3. The van der Waals surface area contributed by atoms with Gasteiger partial charge in [0.25, 0.3) is 0 Å². The summed E-state index contributed by atoms with van der Waals surface area (Å²) in [5.74, 6) is 19.3. The van der Waals surface area contributed by atoms with Gasteiger partial charge in [-0.2, -0.15) is 0 Å². The number of alkyl halides is 1. The SMILES string of the molecule is C.C.C.CC(=O)[C@H]1CC[C@H]2[C@@H]3CC[C@H]4C[C@](C)(O)CC[C@@H]4[C@H]3CC[C@]12C.CC(O)C1CC[C@H]2[C@@H]3CC[C@H]4C[C@](C)(O)CC[C@@H]4[C@H]3CC[C@]12C.CC=C1CC[C@H]2[C@@H]3CC[C@H]4C[C@](C)(O)CC[C@@H]4[C@H]3CC[C@]12C.C[C@@]1(O)CC[C@H]2[C@@H](CC[C@@H]3[C@@H]2CC[C@]2(C)[C@@H](C(=O)CBr)CC[C@@H]32)C1.S=BI.[2H]CP.[B]=S.[B]=S. The molecule has 594 valence electrons. The van der Waals surface area contributed by atoms with Gasteiger partial charge in [-0.25, -0.2) is 0 Å². The summed E-state index contributed by atoms with van der Waals surface area (Å²) in [6.45, 7) is 32.8. The molecule has 16 fully saturated rings. The average molecular weight is 1690 g/mol. The van der Waals surface area contributed by atoms with Crippen LogP contribution in [-0.4, -0.2) is 95.0 Å². The number of Topliss-reactive ketones (excluding diaryl/α,β-unsaturated/α-hetero) is 2. The quantitative estimate of drug-likeness (QED) is 0.0609. The van der Waals surface area contributed by atoms with E-state index in [-0.39, 0.29) is 39.4 Å². The number of ketones is 2. The van der Waals surface area contributed by atoms with Crippen LogP contribution in [0.25, 0.3) is 0 Å². The van der Waals surface area contributed by atoms with Gasteiger partial charge in [0.15, 0.2) is 0 Å². The second-order valence-electron chi connectivity index (χ2n) is 39.6. The molecule has 16 rings (SSSR count). The van der Waals surface area contributed by atoms with Gasteiger partial charge in [0, 0.05) is 13.2 Å². The molecule has 0 aromatic carbocycles. The van der Waals surface area contributed by atoms with Gasteiger partial charge < -0.3 is 25.5 Å². The number of hydrogen-bond donors (Lipinski definition) is 5. The summed E-state index contributed by atoms with van der Waals surface area (Å²) in [5.41, 5.74) is 1.64. The molecule has 0 aliphatic heterocycles. The van der Waals surface area contributed by atoms with Gasteiger partial charge in [-0.05, 0) is 426 Å². The molecule has 0 aromatic heterocycles. The van der Waals surface area contributed by atoms with Crippen molar-refractivity contribution in [2.24, 2.45) is 158 Å². The number of rotatable bonds is 4. The van der Waals surface area contributed by atoms with E-state index in [1.165, 1.54) is 167 Å². The number of aliphatic hydroxyl groups excluding tert-OH is 1. The Morgan fingerprint density at radius 3 is 1.13 bits per heavy atom. The molecule has 104 heavy (non-hydrogen) atoms. The zero-order valence-corrected chi connectivity index (χ0v) is 72.5. The molecule has 0 aromatic rings. The van der Waals surface area contributed by atoms with Gasteiger partial charge in [-0.1, -0.05) is 84.2 Å². The Bertz CT molecular complexity index is 2820. The van der Waals surface area contributed by atoms with Crippen LogP contribution in [0.4, 0.5) is 0 Å². The fourth-order valence-electron chi connectivity index (χ4n) is 30.8. The zero-order valence-electron chi connectivity index (χ0n) is 66.1. The first-order chi connectivity index (χ1) is 48.3. The molecule has 16 aliphatic rings. The van der Waals surface area contributed by atoms with Gasteiger partial charge in [-0.3, -0.25) is 9.59 Å². The van der Waals surface area contributed by atoms with Gasteiger partial charge in [0.05, 0.1) is 33.8 Å². The summed E-state index contributed by atoms with van der Waals surface area (Å²) in [5, 5.41) is 52.7. The predicted octanol–water partition coefficient (Wildman–Crippen LogP) is 23.4. The van der Waals surface area contributed by atoms with Gasteiger partial charge >= 0.3 is 76.0 Å². The number of aliphatic hydroxyl groups is 5. The van der Waals surface area contributed by atoms with E-state index in [2.05, 4.69) is 129 Å². The summed E-state index contributed by atoms with van der Waals surface area (Å²) in [6, 6.07) is 0. The van der Waals surface area contributed by atoms with Crippen LogP contribution in [0, 0.1) is 158 Å². The number of halogens is 2. The molecular weight excluding hydrogens is 1540 g/mol. The van der Waals surface area contributed by atoms with E-state index in [4.69, 9.17) is 1.37 Å². The topological polar surface area (TPSA) is 135 Å². The Balaban J connectivity index is 0.000000209. The van der Waals surface area contributed by atoms with Crippen LogP contribution in [0.3, 0.4) is 0 Å². The molecule has 2 radical (unpaired) electrons. The summed E-state index contributed by atoms with van der Waals surface area (Å²) in [7, 11) is 2.25. The first kappa shape index (κ1) is 92.5. The number of carbonyl (C=O) groups is 2. The Labute approximate surface area is 683 Å². The minimum atomic E-state index is -0.419. The summed E-state index contributed by atoms with van der Waals surface area (Å²) < 4.78 is 7.72. The maximum atomic E-state index is 12.5. The number of fused-ring (bicyclic) bond motifs is 20. The van der Waals surface area contributed by atoms with Gasteiger partial charge in [0.2, 0.25) is 0 Å². The Morgan fingerprint density at radius 2 is 0.798 bits per heavy atom. The molecule has 16 saturated carbocycles. The third-order valence-corrected chi connectivity index (χ3v) is 35.4. The van der Waals surface area contributed by atoms with Crippen molar-refractivity contribution in [2.75, 3.05) is 12.0 Å². The van der Waals surface area contributed by atoms with E-state index in [1.54, 1.807) is 9.58 Å². The summed E-state index contributed by atoms with van der Waals surface area (Å²) in [4.78, 5) is 24.6. The molecule has 16 heteroatoms. The van der Waals surface area contributed by atoms with Crippen molar-refractivity contribution in [1.82, 2.24) is 0 Å². The molecule has 0 saturated heterocycles. The Hall–Kier alpha value is 1.37. The van der Waals surface area contributed by atoms with E-state index in [0.717, 1.165) is 183 Å². The van der Waals surface area contributed by atoms with Crippen molar-refractivity contribution >= 4 is 113 Å². The first-order valence-corrected chi connectivity index (χ1v) is 46.2. The van der Waals surface area contributed by atoms with Crippen LogP contribution in [0.15, 0.2) is 11.6 Å². The van der Waals surface area contributed by atoms with E-state index in [1.807, 2.05) is 50.1 Å². The maximum absolute atomic E-state index is 12.5. The average Bonchev–Trinajstić information content (AvgIpc) is 1.69. The minimum absolute atomic E-state index is 0. The van der Waals surface area contributed by atoms with Crippen LogP contribution in [0.5, 0.6) is 0 Å². The molecule has 0 amide bonds. The zero-order chi connectivity index (χ0) is 74.9. The van der Waals surface area contributed by atoms with Crippen molar-refractivity contribution < 1.29 is 36.5 Å². The molecule has 3 unspecified atom stereocenters. The van der Waals surface area contributed by atoms with E-state index >= 15 is 0 Å². The molecule has 7 nitrogen and oxygen atoms in total. The van der Waals surface area contributed by atoms with Crippen molar-refractivity contribution in [2.45, 2.75) is 358 Å². The van der Waals surface area contributed by atoms with Gasteiger partial charge in [0.1, 0.15) is 11.6 Å². The Morgan fingerprint density at radius 1 is 0.500 bits per heavy atom. The molecule has 5 N–H and O–H groups in total. The van der Waals surface area contributed by atoms with Crippen LogP contribution in [0.1, 0.15) is 331 Å². The molecule has 0 bridgehead atoms. The summed E-state index contributed by atoms with van der Waals surface area (Å²) >= 11 is 16.8. The standard InChI is InChI=1S/C21H33BrO2.C21H36O2.C21H34O2.C21H34O.CH5P.3CH4.BIS.2BS/c1-20(24)9-7-14-13(11-20)3-4-16-15(14)8-10-21(2)17(16)5-6-18(21)19(23)12-22;2*1-13(22)18-6-7-19-17-5-4-14-12-20(2,23)10-8-15(14)16(17)9-11-21(18,19)3;1-4-15-6-8-19-18-7-5-14-13-20(2,22)11-9-16(14)17(18)10-12-21(15,19)3;1-2;;;;2-1-3;2*1-2/h13-18,24H,3-12H2,1-2H3;13-19,22-23H,4-12H2,1-3H3;14-19,23H,4-12H2,1-3H3;4,14,16-19,22H,5-13H2,1-3H3;2H2,1H3;3*1H4;;;/t13-,14-,15+,16+,17-,18+,20+,21-;13?,14-,15-,16+,17+,18?,19-,20+,21+;14-,15-,16+,17+,18+,19-,20+,21+;14-,16-,17+,18+,19-,20+,21+;;;;;;;/m0000......./s1/i;;;;1D;;;;;;. The third kappa shape index (κ3) is 19.2. The van der Waals surface area contributed by atoms with Crippen LogP contribution < -0.4 is 0 Å². The number of allylic oxidation sites excluding steroid dienone is 2. The van der Waals surface area contributed by atoms with Crippen molar-refractivity contribution in [3.8, 4) is 0 Å². The Kier molecular flexibility index (Phi) is 34.6. The molecule has 0 heterocycles. The van der Waals surface area contributed by atoms with E-state index < -0.39 is 16.8 Å². The second kappa shape index (κ2) is 38.9. The van der Waals surface area contributed by atoms with Crippen molar-refractivity contribution in [3.05, 3.63) is 11.6 Å². The number of hydrogen-bond acceptors (Lipinski definition) is 10. The third-order valence-electron chi connectivity index (χ3n) is 34.8. The summed E-state index contributed by atoms with van der Waals surface area (Å²) in [6.07, 6.45) is 47.4. The van der Waals surface area contributed by atoms with Crippen LogP contribution in [-0.2, 0) is 9.59 Å². The molecule has 0 spiro atoms. The van der Waals surface area contributed by atoms with Gasteiger partial charge in [-0.15, -0.1) is 9.24 Å². The van der Waals surface area contributed by atoms with E-state index in [0.29, 0.717) is 57.5 Å². The fraction of sp³-hybridized carbons (Fsp3) is 0.955. The van der Waals surface area contributed by atoms with Crippen LogP contribution in [0.2, 0.25) is 0 Å². The van der Waals surface area contributed by atoms with Crippen molar-refractivity contribution in [3.63, 3.8) is 0 Å². The predicted molar refractivity (Wildman–Crippen MR) is 466 cm³/mol. The normalized spacial score (nSPS) is 49.6. The monoisotopic (exact) mass is 1690 g/mol. The first-order valence-electron chi connectivity index (χ1n) is 42.3.